The molecule has 1 saturated heterocycles. The van der Waals surface area contributed by atoms with Gasteiger partial charge in [-0.15, -0.1) is 0 Å². The number of carbonyl (C=O) groups is 3. The van der Waals surface area contributed by atoms with E-state index < -0.39 is 0 Å². The standard InChI is InChI=1S/C25H30ClN3O3/c1-4-5-7-19-10-12-20(13-11-19)25(32)28(18(2)3)16-23(30)27-15-24(31)29(17-27)22-9-6-8-21(26)14-22/h6,8-14,18H,4-5,7,15-17H2,1-3H3. The van der Waals surface area contributed by atoms with Crippen LogP contribution < -0.4 is 4.90 Å². The first-order chi connectivity index (χ1) is 15.3. The number of unbranched alkanes of at least 4 members (excludes halogenated alkanes) is 1. The summed E-state index contributed by atoms with van der Waals surface area (Å²) in [6.07, 6.45) is 3.22. The van der Waals surface area contributed by atoms with Crippen LogP contribution in [0, 0.1) is 0 Å². The number of amides is 3. The van der Waals surface area contributed by atoms with Crippen LogP contribution in [0.4, 0.5) is 5.69 Å². The minimum absolute atomic E-state index is 0.0163. The Kier molecular flexibility index (Phi) is 7.91. The molecule has 1 aliphatic rings. The second kappa shape index (κ2) is 10.6. The zero-order valence-corrected chi connectivity index (χ0v) is 19.6. The van der Waals surface area contributed by atoms with Gasteiger partial charge in [-0.3, -0.25) is 19.3 Å². The second-order valence-corrected chi connectivity index (χ2v) is 8.80. The van der Waals surface area contributed by atoms with Crippen LogP contribution in [0.1, 0.15) is 49.5 Å². The van der Waals surface area contributed by atoms with Gasteiger partial charge >= 0.3 is 0 Å². The molecule has 1 aliphatic heterocycles. The van der Waals surface area contributed by atoms with Gasteiger partial charge in [0.05, 0.1) is 0 Å². The van der Waals surface area contributed by atoms with E-state index in [-0.39, 0.29) is 43.5 Å². The van der Waals surface area contributed by atoms with Crippen molar-refractivity contribution < 1.29 is 14.4 Å². The van der Waals surface area contributed by atoms with Crippen LogP contribution in [-0.2, 0) is 16.0 Å². The first kappa shape index (κ1) is 23.8. The Balaban J connectivity index is 1.67. The SMILES string of the molecule is CCCCc1ccc(C(=O)N(CC(=O)N2CC(=O)N(c3cccc(Cl)c3)C2)C(C)C)cc1. The van der Waals surface area contributed by atoms with E-state index >= 15 is 0 Å². The lowest BCUT2D eigenvalue weighted by Crippen LogP contribution is -2.45. The van der Waals surface area contributed by atoms with Gasteiger partial charge < -0.3 is 9.80 Å². The lowest BCUT2D eigenvalue weighted by atomic mass is 10.1. The highest BCUT2D eigenvalue weighted by molar-refractivity contribution is 6.31. The largest absolute Gasteiger partial charge is 0.327 e. The topological polar surface area (TPSA) is 60.9 Å². The van der Waals surface area contributed by atoms with Crippen molar-refractivity contribution in [3.8, 4) is 0 Å². The molecule has 3 rings (SSSR count). The molecule has 0 bridgehead atoms. The number of nitrogens with zero attached hydrogens (tertiary/aromatic N) is 3. The minimum atomic E-state index is -0.260. The van der Waals surface area contributed by atoms with Gasteiger partial charge in [-0.05, 0) is 62.6 Å². The van der Waals surface area contributed by atoms with E-state index in [1.807, 2.05) is 38.1 Å². The average Bonchev–Trinajstić information content (AvgIpc) is 3.17. The Morgan fingerprint density at radius 2 is 1.84 bits per heavy atom. The van der Waals surface area contributed by atoms with Crippen LogP contribution in [0.5, 0.6) is 0 Å². The van der Waals surface area contributed by atoms with Crippen LogP contribution in [0.3, 0.4) is 0 Å². The molecule has 0 spiro atoms. The van der Waals surface area contributed by atoms with Crippen LogP contribution in [0.2, 0.25) is 5.02 Å². The molecule has 1 heterocycles. The molecule has 3 amide bonds. The predicted octanol–water partition coefficient (Wildman–Crippen LogP) is 4.37. The maximum absolute atomic E-state index is 13.1. The molecule has 32 heavy (non-hydrogen) atoms. The van der Waals surface area contributed by atoms with Crippen molar-refractivity contribution in [3.05, 3.63) is 64.7 Å². The van der Waals surface area contributed by atoms with Crippen molar-refractivity contribution in [2.45, 2.75) is 46.1 Å². The fourth-order valence-electron chi connectivity index (χ4n) is 3.68. The molecule has 0 saturated carbocycles. The van der Waals surface area contributed by atoms with Gasteiger partial charge in [-0.2, -0.15) is 0 Å². The highest BCUT2D eigenvalue weighted by atomic mass is 35.5. The Hall–Kier alpha value is -2.86. The zero-order valence-electron chi connectivity index (χ0n) is 18.9. The molecule has 0 unspecified atom stereocenters. The first-order valence-electron chi connectivity index (χ1n) is 11.0. The Bertz CT molecular complexity index is 975. The molecule has 2 aromatic rings. The number of aryl methyl sites for hydroxylation is 1. The lowest BCUT2D eigenvalue weighted by molar-refractivity contribution is -0.132. The number of hydrogen-bond acceptors (Lipinski definition) is 3. The fourth-order valence-corrected chi connectivity index (χ4v) is 3.86. The molecular formula is C25H30ClN3O3. The van der Waals surface area contributed by atoms with Gasteiger partial charge in [0.25, 0.3) is 5.91 Å². The van der Waals surface area contributed by atoms with Gasteiger partial charge in [0.2, 0.25) is 11.8 Å². The zero-order chi connectivity index (χ0) is 23.3. The van der Waals surface area contributed by atoms with Crippen molar-refractivity contribution in [2.24, 2.45) is 0 Å². The number of anilines is 1. The van der Waals surface area contributed by atoms with E-state index in [9.17, 15) is 14.4 Å². The summed E-state index contributed by atoms with van der Waals surface area (Å²) in [4.78, 5) is 43.1. The molecule has 7 heteroatoms. The van der Waals surface area contributed by atoms with Gasteiger partial charge in [-0.25, -0.2) is 0 Å². The van der Waals surface area contributed by atoms with E-state index in [0.717, 1.165) is 19.3 Å². The molecule has 0 aromatic heterocycles. The van der Waals surface area contributed by atoms with Crippen LogP contribution in [0.25, 0.3) is 0 Å². The maximum atomic E-state index is 13.1. The lowest BCUT2D eigenvalue weighted by Gasteiger charge is -2.28. The van der Waals surface area contributed by atoms with E-state index in [1.54, 1.807) is 29.2 Å². The van der Waals surface area contributed by atoms with E-state index in [0.29, 0.717) is 16.3 Å². The van der Waals surface area contributed by atoms with Gasteiger partial charge in [0.15, 0.2) is 0 Å². The van der Waals surface area contributed by atoms with E-state index in [4.69, 9.17) is 11.6 Å². The third-order valence-corrected chi connectivity index (χ3v) is 5.86. The molecule has 0 aliphatic carbocycles. The number of hydrogen-bond donors (Lipinski definition) is 0. The van der Waals surface area contributed by atoms with Crippen molar-refractivity contribution in [1.82, 2.24) is 9.80 Å². The highest BCUT2D eigenvalue weighted by Gasteiger charge is 2.33. The van der Waals surface area contributed by atoms with Crippen molar-refractivity contribution in [3.63, 3.8) is 0 Å². The second-order valence-electron chi connectivity index (χ2n) is 8.36. The van der Waals surface area contributed by atoms with Gasteiger partial charge in [0.1, 0.15) is 19.8 Å². The van der Waals surface area contributed by atoms with E-state index in [2.05, 4.69) is 6.92 Å². The number of halogens is 1. The van der Waals surface area contributed by atoms with Gasteiger partial charge in [-0.1, -0.05) is 43.1 Å². The smallest absolute Gasteiger partial charge is 0.254 e. The minimum Gasteiger partial charge on any atom is -0.327 e. The molecule has 0 radical (unpaired) electrons. The first-order valence-corrected chi connectivity index (χ1v) is 11.4. The average molecular weight is 456 g/mol. The molecule has 1 fully saturated rings. The van der Waals surface area contributed by atoms with E-state index in [1.165, 1.54) is 15.4 Å². The summed E-state index contributed by atoms with van der Waals surface area (Å²) in [5.41, 5.74) is 2.41. The normalized spacial score (nSPS) is 13.7. The molecular weight excluding hydrogens is 426 g/mol. The molecule has 0 atom stereocenters. The van der Waals surface area contributed by atoms with Crippen molar-refractivity contribution >= 4 is 35.0 Å². The summed E-state index contributed by atoms with van der Waals surface area (Å²) in [6.45, 7) is 5.96. The van der Waals surface area contributed by atoms with Crippen LogP contribution in [-0.4, -0.2) is 53.3 Å². The summed E-state index contributed by atoms with van der Waals surface area (Å²) in [7, 11) is 0. The van der Waals surface area contributed by atoms with Crippen LogP contribution >= 0.6 is 11.6 Å². The van der Waals surface area contributed by atoms with Crippen molar-refractivity contribution in [2.75, 3.05) is 24.7 Å². The Morgan fingerprint density at radius 3 is 2.47 bits per heavy atom. The molecule has 0 N–H and O–H groups in total. The maximum Gasteiger partial charge on any atom is 0.254 e. The van der Waals surface area contributed by atoms with Crippen molar-refractivity contribution in [1.29, 1.82) is 0 Å². The monoisotopic (exact) mass is 455 g/mol. The predicted molar refractivity (Wildman–Crippen MR) is 127 cm³/mol. The summed E-state index contributed by atoms with van der Waals surface area (Å²) in [6, 6.07) is 14.4. The number of carbonyl (C=O) groups excluding carboxylic acids is 3. The fraction of sp³-hybridized carbons (Fsp3) is 0.400. The summed E-state index contributed by atoms with van der Waals surface area (Å²) < 4.78 is 0. The quantitative estimate of drug-likeness (QED) is 0.594. The third-order valence-electron chi connectivity index (χ3n) is 5.62. The number of rotatable bonds is 8. The molecule has 2 aromatic carbocycles. The molecule has 6 nitrogen and oxygen atoms in total. The number of benzene rings is 2. The third kappa shape index (κ3) is 5.68. The summed E-state index contributed by atoms with van der Waals surface area (Å²) in [5, 5.41) is 0.525. The highest BCUT2D eigenvalue weighted by Crippen LogP contribution is 2.23. The Morgan fingerprint density at radius 1 is 1.12 bits per heavy atom. The summed E-state index contributed by atoms with van der Waals surface area (Å²) >= 11 is 6.04. The molecule has 170 valence electrons. The summed E-state index contributed by atoms with van der Waals surface area (Å²) in [5.74, 6) is -0.622. The van der Waals surface area contributed by atoms with Crippen LogP contribution in [0.15, 0.2) is 48.5 Å². The van der Waals surface area contributed by atoms with Gasteiger partial charge in [0, 0.05) is 22.3 Å². The Labute approximate surface area is 194 Å².